The SMILES string of the molecule is Cc1cc(C)cc(OCC(O)CNCCn2ccnc2)c1. The van der Waals surface area contributed by atoms with Crippen molar-refractivity contribution in [3.05, 3.63) is 48.0 Å². The van der Waals surface area contributed by atoms with E-state index in [4.69, 9.17) is 4.74 Å². The second kappa shape index (κ2) is 7.81. The van der Waals surface area contributed by atoms with Crippen molar-refractivity contribution in [3.63, 3.8) is 0 Å². The molecule has 1 heterocycles. The van der Waals surface area contributed by atoms with E-state index in [-0.39, 0.29) is 0 Å². The van der Waals surface area contributed by atoms with E-state index in [0.717, 1.165) is 30.0 Å². The summed E-state index contributed by atoms with van der Waals surface area (Å²) in [5.41, 5.74) is 2.33. The van der Waals surface area contributed by atoms with E-state index in [1.165, 1.54) is 0 Å². The van der Waals surface area contributed by atoms with Gasteiger partial charge in [-0.25, -0.2) is 4.98 Å². The van der Waals surface area contributed by atoms with E-state index in [9.17, 15) is 5.11 Å². The number of aryl methyl sites for hydroxylation is 2. The van der Waals surface area contributed by atoms with Crippen molar-refractivity contribution in [1.29, 1.82) is 0 Å². The number of aromatic nitrogens is 2. The Labute approximate surface area is 125 Å². The van der Waals surface area contributed by atoms with Crippen LogP contribution in [-0.2, 0) is 6.54 Å². The molecular weight excluding hydrogens is 266 g/mol. The summed E-state index contributed by atoms with van der Waals surface area (Å²) in [7, 11) is 0. The van der Waals surface area contributed by atoms with Crippen molar-refractivity contribution in [1.82, 2.24) is 14.9 Å². The number of aliphatic hydroxyl groups excluding tert-OH is 1. The molecule has 1 unspecified atom stereocenters. The number of rotatable bonds is 8. The Morgan fingerprint density at radius 3 is 2.71 bits per heavy atom. The number of ether oxygens (including phenoxy) is 1. The summed E-state index contributed by atoms with van der Waals surface area (Å²) >= 11 is 0. The third-order valence-corrected chi connectivity index (χ3v) is 3.12. The van der Waals surface area contributed by atoms with Crippen LogP contribution in [-0.4, -0.2) is 40.5 Å². The summed E-state index contributed by atoms with van der Waals surface area (Å²) in [5.74, 6) is 0.810. The van der Waals surface area contributed by atoms with Crippen LogP contribution < -0.4 is 10.1 Å². The van der Waals surface area contributed by atoms with Gasteiger partial charge in [0.05, 0.1) is 6.33 Å². The van der Waals surface area contributed by atoms with Crippen molar-refractivity contribution in [3.8, 4) is 5.75 Å². The predicted molar refractivity (Wildman–Crippen MR) is 82.5 cm³/mol. The van der Waals surface area contributed by atoms with Crippen LogP contribution in [0.3, 0.4) is 0 Å². The fourth-order valence-corrected chi connectivity index (χ4v) is 2.16. The second-order valence-corrected chi connectivity index (χ2v) is 5.29. The van der Waals surface area contributed by atoms with Crippen LogP contribution >= 0.6 is 0 Å². The predicted octanol–water partition coefficient (Wildman–Crippen LogP) is 1.53. The molecule has 1 aromatic carbocycles. The zero-order chi connectivity index (χ0) is 15.1. The normalized spacial score (nSPS) is 12.3. The minimum absolute atomic E-state index is 0.293. The number of benzene rings is 1. The maximum atomic E-state index is 9.90. The molecule has 1 atom stereocenters. The largest absolute Gasteiger partial charge is 0.491 e. The van der Waals surface area contributed by atoms with Gasteiger partial charge in [0.1, 0.15) is 18.5 Å². The maximum absolute atomic E-state index is 9.90. The van der Waals surface area contributed by atoms with Crippen LogP contribution in [0.5, 0.6) is 5.75 Å². The first kappa shape index (κ1) is 15.5. The van der Waals surface area contributed by atoms with Crippen LogP contribution in [0.2, 0.25) is 0 Å². The van der Waals surface area contributed by atoms with Gasteiger partial charge in [0.2, 0.25) is 0 Å². The average molecular weight is 289 g/mol. The molecular formula is C16H23N3O2. The molecule has 0 aliphatic carbocycles. The van der Waals surface area contributed by atoms with Gasteiger partial charge in [-0.1, -0.05) is 6.07 Å². The molecule has 0 fully saturated rings. The topological polar surface area (TPSA) is 59.3 Å². The highest BCUT2D eigenvalue weighted by Gasteiger charge is 2.05. The lowest BCUT2D eigenvalue weighted by molar-refractivity contribution is 0.106. The summed E-state index contributed by atoms with van der Waals surface area (Å²) in [6.07, 6.45) is 4.93. The van der Waals surface area contributed by atoms with Crippen molar-refractivity contribution < 1.29 is 9.84 Å². The molecule has 114 valence electrons. The van der Waals surface area contributed by atoms with Gasteiger partial charge in [-0.2, -0.15) is 0 Å². The first-order valence-electron chi connectivity index (χ1n) is 7.19. The Balaban J connectivity index is 1.64. The molecule has 5 heteroatoms. The first-order chi connectivity index (χ1) is 10.1. The standard InChI is InChI=1S/C16H23N3O2/c1-13-7-14(2)9-16(8-13)21-11-15(20)10-17-3-5-19-6-4-18-12-19/h4,6-9,12,15,17,20H,3,5,10-11H2,1-2H3. The Morgan fingerprint density at radius 2 is 2.05 bits per heavy atom. The van der Waals surface area contributed by atoms with Gasteiger partial charge in [-0.05, 0) is 37.1 Å². The lowest BCUT2D eigenvalue weighted by Crippen LogP contribution is -2.33. The molecule has 0 amide bonds. The molecule has 2 aromatic rings. The zero-order valence-electron chi connectivity index (χ0n) is 12.6. The van der Waals surface area contributed by atoms with Gasteiger partial charge in [-0.15, -0.1) is 0 Å². The summed E-state index contributed by atoms with van der Waals surface area (Å²) in [6, 6.07) is 6.05. The molecule has 2 N–H and O–H groups in total. The third-order valence-electron chi connectivity index (χ3n) is 3.12. The summed E-state index contributed by atoms with van der Waals surface area (Å²) in [6.45, 7) is 6.50. The number of hydrogen-bond acceptors (Lipinski definition) is 4. The van der Waals surface area contributed by atoms with E-state index < -0.39 is 6.10 Å². The van der Waals surface area contributed by atoms with Gasteiger partial charge >= 0.3 is 0 Å². The lowest BCUT2D eigenvalue weighted by Gasteiger charge is -2.14. The van der Waals surface area contributed by atoms with Crippen LogP contribution in [0, 0.1) is 13.8 Å². The van der Waals surface area contributed by atoms with E-state index in [2.05, 4.69) is 16.4 Å². The Kier molecular flexibility index (Phi) is 5.78. The molecule has 0 bridgehead atoms. The Hall–Kier alpha value is -1.85. The molecule has 0 saturated heterocycles. The monoisotopic (exact) mass is 289 g/mol. The van der Waals surface area contributed by atoms with E-state index >= 15 is 0 Å². The number of hydrogen-bond donors (Lipinski definition) is 2. The number of nitrogens with one attached hydrogen (secondary N) is 1. The fraction of sp³-hybridized carbons (Fsp3) is 0.438. The highest BCUT2D eigenvalue weighted by atomic mass is 16.5. The highest BCUT2D eigenvalue weighted by Crippen LogP contribution is 2.16. The molecule has 21 heavy (non-hydrogen) atoms. The fourth-order valence-electron chi connectivity index (χ4n) is 2.16. The van der Waals surface area contributed by atoms with E-state index in [0.29, 0.717) is 13.2 Å². The van der Waals surface area contributed by atoms with Crippen molar-refractivity contribution >= 4 is 0 Å². The molecule has 0 spiro atoms. The van der Waals surface area contributed by atoms with Gasteiger partial charge < -0.3 is 19.7 Å². The van der Waals surface area contributed by atoms with Crippen LogP contribution in [0.15, 0.2) is 36.9 Å². The third kappa shape index (κ3) is 5.57. The minimum atomic E-state index is -0.520. The van der Waals surface area contributed by atoms with E-state index in [1.807, 2.05) is 36.7 Å². The summed E-state index contributed by atoms with van der Waals surface area (Å²) in [4.78, 5) is 3.98. The quantitative estimate of drug-likeness (QED) is 0.724. The first-order valence-corrected chi connectivity index (χ1v) is 7.19. The van der Waals surface area contributed by atoms with Crippen molar-refractivity contribution in [2.75, 3.05) is 19.7 Å². The number of aliphatic hydroxyl groups is 1. The average Bonchev–Trinajstić information content (AvgIpc) is 2.93. The van der Waals surface area contributed by atoms with E-state index in [1.54, 1.807) is 12.5 Å². The summed E-state index contributed by atoms with van der Waals surface area (Å²) in [5, 5.41) is 13.1. The Bertz CT molecular complexity index is 520. The molecule has 0 radical (unpaired) electrons. The smallest absolute Gasteiger partial charge is 0.119 e. The Morgan fingerprint density at radius 1 is 1.29 bits per heavy atom. The number of imidazole rings is 1. The van der Waals surface area contributed by atoms with Gasteiger partial charge in [0.15, 0.2) is 0 Å². The molecule has 0 saturated carbocycles. The highest BCUT2D eigenvalue weighted by molar-refractivity contribution is 5.32. The molecule has 0 aliphatic heterocycles. The molecule has 2 rings (SSSR count). The zero-order valence-corrected chi connectivity index (χ0v) is 12.6. The van der Waals surface area contributed by atoms with Gasteiger partial charge in [0, 0.05) is 32.0 Å². The van der Waals surface area contributed by atoms with Crippen molar-refractivity contribution in [2.45, 2.75) is 26.5 Å². The summed E-state index contributed by atoms with van der Waals surface area (Å²) < 4.78 is 7.62. The number of nitrogens with zero attached hydrogens (tertiary/aromatic N) is 2. The molecule has 1 aromatic heterocycles. The maximum Gasteiger partial charge on any atom is 0.119 e. The minimum Gasteiger partial charge on any atom is -0.491 e. The lowest BCUT2D eigenvalue weighted by atomic mass is 10.1. The molecule has 0 aliphatic rings. The van der Waals surface area contributed by atoms with Gasteiger partial charge in [0.25, 0.3) is 0 Å². The second-order valence-electron chi connectivity index (χ2n) is 5.29. The van der Waals surface area contributed by atoms with Crippen LogP contribution in [0.25, 0.3) is 0 Å². The van der Waals surface area contributed by atoms with Gasteiger partial charge in [-0.3, -0.25) is 0 Å². The van der Waals surface area contributed by atoms with Crippen LogP contribution in [0.1, 0.15) is 11.1 Å². The van der Waals surface area contributed by atoms with Crippen LogP contribution in [0.4, 0.5) is 0 Å². The van der Waals surface area contributed by atoms with Crippen molar-refractivity contribution in [2.24, 2.45) is 0 Å². The molecule has 5 nitrogen and oxygen atoms in total.